The Kier molecular flexibility index (Phi) is 2.66. The molecule has 0 aliphatic carbocycles. The zero-order valence-electron chi connectivity index (χ0n) is 5.96. The topological polar surface area (TPSA) is 48.1 Å². The van der Waals surface area contributed by atoms with Crippen molar-refractivity contribution in [2.75, 3.05) is 19.0 Å². The number of nitrogens with two attached hydrogens (primary N) is 1. The summed E-state index contributed by atoms with van der Waals surface area (Å²) in [5.41, 5.74) is 5.40. The van der Waals surface area contributed by atoms with Crippen molar-refractivity contribution in [1.29, 1.82) is 0 Å². The molecule has 0 spiro atoms. The second kappa shape index (κ2) is 3.75. The minimum Gasteiger partial charge on any atom is -0.487 e. The molecule has 2 N–H and O–H groups in total. The largest absolute Gasteiger partial charge is 0.487 e. The molecule has 0 fully saturated rings. The first-order valence-corrected chi connectivity index (χ1v) is 3.24. The van der Waals surface area contributed by atoms with Gasteiger partial charge in [0.2, 0.25) is 0 Å². The molecule has 11 heavy (non-hydrogen) atoms. The van der Waals surface area contributed by atoms with Crippen molar-refractivity contribution in [3.63, 3.8) is 0 Å². The van der Waals surface area contributed by atoms with Crippen LogP contribution in [0.2, 0.25) is 0 Å². The molecule has 0 amide bonds. The summed E-state index contributed by atoms with van der Waals surface area (Å²) in [4.78, 5) is 3.76. The number of anilines is 1. The monoisotopic (exact) mass is 156 g/mol. The molecular weight excluding hydrogens is 147 g/mol. The van der Waals surface area contributed by atoms with E-state index >= 15 is 0 Å². The van der Waals surface area contributed by atoms with E-state index in [9.17, 15) is 4.39 Å². The van der Waals surface area contributed by atoms with Crippen LogP contribution in [0.3, 0.4) is 0 Å². The van der Waals surface area contributed by atoms with Crippen LogP contribution in [0.4, 0.5) is 10.2 Å². The number of ether oxygens (including phenoxy) is 1. The summed E-state index contributed by atoms with van der Waals surface area (Å²) in [7, 11) is 0. The number of pyridine rings is 1. The van der Waals surface area contributed by atoms with E-state index in [0.29, 0.717) is 11.6 Å². The van der Waals surface area contributed by atoms with Crippen LogP contribution in [-0.2, 0) is 0 Å². The van der Waals surface area contributed by atoms with Gasteiger partial charge in [0.15, 0.2) is 11.6 Å². The summed E-state index contributed by atoms with van der Waals surface area (Å²) < 4.78 is 16.5. The molecule has 60 valence electrons. The van der Waals surface area contributed by atoms with Gasteiger partial charge in [-0.05, 0) is 12.1 Å². The predicted molar refractivity (Wildman–Crippen MR) is 40.1 cm³/mol. The molecule has 1 rings (SSSR count). The molecule has 0 aliphatic heterocycles. The number of nitrogen functional groups attached to an aromatic ring is 1. The van der Waals surface area contributed by atoms with E-state index in [4.69, 9.17) is 10.5 Å². The molecule has 3 nitrogen and oxygen atoms in total. The second-order valence-electron chi connectivity index (χ2n) is 1.92. The summed E-state index contributed by atoms with van der Waals surface area (Å²) >= 11 is 0. The van der Waals surface area contributed by atoms with Crippen molar-refractivity contribution in [2.24, 2.45) is 0 Å². The average Bonchev–Trinajstić information content (AvgIpc) is 2.03. The third kappa shape index (κ3) is 2.07. The predicted octanol–water partition coefficient (Wildman–Crippen LogP) is 1.01. The van der Waals surface area contributed by atoms with Crippen LogP contribution in [-0.4, -0.2) is 18.3 Å². The molecule has 4 heteroatoms. The van der Waals surface area contributed by atoms with Crippen LogP contribution in [0.1, 0.15) is 0 Å². The fraction of sp³-hybridized carbons (Fsp3) is 0.286. The molecule has 1 heterocycles. The van der Waals surface area contributed by atoms with Gasteiger partial charge < -0.3 is 10.5 Å². The Bertz CT molecular complexity index is 229. The number of nitrogens with zero attached hydrogens (tertiary/aromatic N) is 1. The lowest BCUT2D eigenvalue weighted by atomic mass is 10.4. The van der Waals surface area contributed by atoms with E-state index in [1.54, 1.807) is 18.3 Å². The molecule has 0 saturated heterocycles. The van der Waals surface area contributed by atoms with Gasteiger partial charge in [-0.3, -0.25) is 0 Å². The SMILES string of the molecule is Nc1ncccc1OCCF. The van der Waals surface area contributed by atoms with E-state index in [2.05, 4.69) is 4.98 Å². The molecular formula is C7H9FN2O. The molecule has 0 bridgehead atoms. The molecule has 0 saturated carbocycles. The van der Waals surface area contributed by atoms with Crippen LogP contribution < -0.4 is 10.5 Å². The summed E-state index contributed by atoms with van der Waals surface area (Å²) in [5, 5.41) is 0. The van der Waals surface area contributed by atoms with Gasteiger partial charge in [-0.25, -0.2) is 9.37 Å². The molecule has 1 aromatic rings. The van der Waals surface area contributed by atoms with Crippen LogP contribution in [0.25, 0.3) is 0 Å². The van der Waals surface area contributed by atoms with Gasteiger partial charge in [0.25, 0.3) is 0 Å². The summed E-state index contributed by atoms with van der Waals surface area (Å²) in [6.45, 7) is -0.496. The van der Waals surface area contributed by atoms with Gasteiger partial charge in [-0.2, -0.15) is 0 Å². The van der Waals surface area contributed by atoms with Gasteiger partial charge in [-0.15, -0.1) is 0 Å². The highest BCUT2D eigenvalue weighted by atomic mass is 19.1. The van der Waals surface area contributed by atoms with Crippen molar-refractivity contribution < 1.29 is 9.13 Å². The maximum atomic E-state index is 11.6. The minimum absolute atomic E-state index is 0.0237. The highest BCUT2D eigenvalue weighted by molar-refractivity contribution is 5.44. The Hall–Kier alpha value is -1.32. The Morgan fingerprint density at radius 1 is 1.64 bits per heavy atom. The first kappa shape index (κ1) is 7.78. The number of hydrogen-bond acceptors (Lipinski definition) is 3. The third-order valence-corrected chi connectivity index (χ3v) is 1.13. The number of rotatable bonds is 3. The number of aromatic nitrogens is 1. The number of alkyl halides is 1. The van der Waals surface area contributed by atoms with Crippen molar-refractivity contribution >= 4 is 5.82 Å². The summed E-state index contributed by atoms with van der Waals surface area (Å²) in [6, 6.07) is 3.34. The zero-order valence-corrected chi connectivity index (χ0v) is 5.96. The van der Waals surface area contributed by atoms with Gasteiger partial charge in [0.1, 0.15) is 13.3 Å². The number of halogens is 1. The highest BCUT2D eigenvalue weighted by Gasteiger charge is 1.97. The summed E-state index contributed by atoms with van der Waals surface area (Å²) in [5.74, 6) is 0.728. The lowest BCUT2D eigenvalue weighted by Crippen LogP contribution is -2.02. The third-order valence-electron chi connectivity index (χ3n) is 1.13. The molecule has 1 aromatic heterocycles. The van der Waals surface area contributed by atoms with E-state index < -0.39 is 6.67 Å². The second-order valence-corrected chi connectivity index (χ2v) is 1.92. The molecule has 0 aromatic carbocycles. The van der Waals surface area contributed by atoms with Gasteiger partial charge in [0, 0.05) is 6.20 Å². The maximum Gasteiger partial charge on any atom is 0.166 e. The highest BCUT2D eigenvalue weighted by Crippen LogP contribution is 2.16. The minimum atomic E-state index is -0.520. The molecule has 0 unspecified atom stereocenters. The standard InChI is InChI=1S/C7H9FN2O/c8-3-5-11-6-2-1-4-10-7(6)9/h1-2,4H,3,5H2,(H2,9,10). The molecule has 0 radical (unpaired) electrons. The van der Waals surface area contributed by atoms with E-state index in [-0.39, 0.29) is 6.61 Å². The quantitative estimate of drug-likeness (QED) is 0.710. The Morgan fingerprint density at radius 3 is 3.09 bits per heavy atom. The first-order valence-electron chi connectivity index (χ1n) is 3.24. The Morgan fingerprint density at radius 2 is 2.45 bits per heavy atom. The Balaban J connectivity index is 2.62. The van der Waals surface area contributed by atoms with Crippen molar-refractivity contribution in [3.8, 4) is 5.75 Å². The number of hydrogen-bond donors (Lipinski definition) is 1. The lowest BCUT2D eigenvalue weighted by Gasteiger charge is -2.03. The first-order chi connectivity index (χ1) is 5.34. The van der Waals surface area contributed by atoms with Crippen molar-refractivity contribution in [2.45, 2.75) is 0 Å². The summed E-state index contributed by atoms with van der Waals surface area (Å²) in [6.07, 6.45) is 1.55. The van der Waals surface area contributed by atoms with E-state index in [0.717, 1.165) is 0 Å². The van der Waals surface area contributed by atoms with E-state index in [1.165, 1.54) is 0 Å². The zero-order chi connectivity index (χ0) is 8.10. The lowest BCUT2D eigenvalue weighted by molar-refractivity contribution is 0.274. The van der Waals surface area contributed by atoms with Crippen LogP contribution >= 0.6 is 0 Å². The van der Waals surface area contributed by atoms with Gasteiger partial charge in [-0.1, -0.05) is 0 Å². The fourth-order valence-corrected chi connectivity index (χ4v) is 0.673. The van der Waals surface area contributed by atoms with Gasteiger partial charge in [0.05, 0.1) is 0 Å². The Labute approximate surface area is 64.0 Å². The van der Waals surface area contributed by atoms with Crippen LogP contribution in [0.5, 0.6) is 5.75 Å². The molecule has 0 atom stereocenters. The maximum absolute atomic E-state index is 11.6. The van der Waals surface area contributed by atoms with Crippen molar-refractivity contribution in [1.82, 2.24) is 4.98 Å². The smallest absolute Gasteiger partial charge is 0.166 e. The van der Waals surface area contributed by atoms with Gasteiger partial charge >= 0.3 is 0 Å². The fourth-order valence-electron chi connectivity index (χ4n) is 0.673. The van der Waals surface area contributed by atoms with E-state index in [1.807, 2.05) is 0 Å². The van der Waals surface area contributed by atoms with Crippen LogP contribution in [0.15, 0.2) is 18.3 Å². The average molecular weight is 156 g/mol. The normalized spacial score (nSPS) is 9.55. The van der Waals surface area contributed by atoms with Crippen LogP contribution in [0, 0.1) is 0 Å². The molecule has 0 aliphatic rings. The van der Waals surface area contributed by atoms with Crippen molar-refractivity contribution in [3.05, 3.63) is 18.3 Å².